The van der Waals surface area contributed by atoms with Crippen molar-refractivity contribution < 1.29 is 24.0 Å². The van der Waals surface area contributed by atoms with Crippen molar-refractivity contribution in [2.45, 2.75) is 12.0 Å². The van der Waals surface area contributed by atoms with Gasteiger partial charge in [0.15, 0.2) is 0 Å². The third-order valence-electron chi connectivity index (χ3n) is 0.616. The monoisotopic (exact) mass is 190 g/mol. The second kappa shape index (κ2) is 4.28. The fourth-order valence-corrected chi connectivity index (χ4v) is 0.701. The molecule has 0 fully saturated rings. The predicted molar refractivity (Wildman–Crippen MR) is 34.5 cm³/mol. The number of alkyl halides is 1. The van der Waals surface area contributed by atoms with Gasteiger partial charge in [-0.15, -0.1) is 0 Å². The van der Waals surface area contributed by atoms with E-state index in [1.165, 1.54) is 0 Å². The number of aliphatic hydroxyl groups excluding tert-OH is 1. The molecule has 0 heterocycles. The summed E-state index contributed by atoms with van der Waals surface area (Å²) in [7, 11) is -4.39. The Morgan fingerprint density at radius 2 is 2.10 bits per heavy atom. The molecule has 7 heteroatoms. The summed E-state index contributed by atoms with van der Waals surface area (Å²) in [5, 5.41) is 8.38. The van der Waals surface area contributed by atoms with Crippen LogP contribution in [0, 0.1) is 0 Å². The highest BCUT2D eigenvalue weighted by molar-refractivity contribution is 7.46. The molecule has 0 aliphatic rings. The van der Waals surface area contributed by atoms with E-state index in [9.17, 15) is 4.57 Å². The maximum Gasteiger partial charge on any atom is 0.469 e. The molecule has 0 aliphatic heterocycles. The van der Waals surface area contributed by atoms with Gasteiger partial charge in [0.05, 0.1) is 6.61 Å². The summed E-state index contributed by atoms with van der Waals surface area (Å²) in [6, 6.07) is 0. The number of phosphoric ester groups is 1. The van der Waals surface area contributed by atoms with E-state index in [1.807, 2.05) is 0 Å². The van der Waals surface area contributed by atoms with Crippen LogP contribution in [-0.2, 0) is 9.09 Å². The second-order valence-electron chi connectivity index (χ2n) is 1.55. The number of rotatable bonds is 4. The minimum Gasteiger partial charge on any atom is -0.378 e. The van der Waals surface area contributed by atoms with Crippen molar-refractivity contribution in [2.75, 3.05) is 6.61 Å². The highest BCUT2D eigenvalue weighted by atomic mass is 35.5. The van der Waals surface area contributed by atoms with Gasteiger partial charge in [-0.1, -0.05) is 11.6 Å². The smallest absolute Gasteiger partial charge is 0.378 e. The van der Waals surface area contributed by atoms with Crippen LogP contribution in [0.1, 0.15) is 6.42 Å². The van der Waals surface area contributed by atoms with Crippen LogP contribution in [-0.4, -0.2) is 27.1 Å². The number of hydrogen-bond donors (Lipinski definition) is 3. The molecule has 0 rings (SSSR count). The standard InChI is InChI=1S/C3H8ClO5P/c4-3(5)1-2-9-10(6,7)8/h3,5H,1-2H2,(H2,6,7,8). The van der Waals surface area contributed by atoms with Gasteiger partial charge in [-0.3, -0.25) is 4.52 Å². The molecule has 0 amide bonds. The third kappa shape index (κ3) is 8.36. The van der Waals surface area contributed by atoms with Gasteiger partial charge in [-0.25, -0.2) is 4.57 Å². The lowest BCUT2D eigenvalue weighted by atomic mass is 10.5. The highest BCUT2D eigenvalue weighted by Gasteiger charge is 2.13. The predicted octanol–water partition coefficient (Wildman–Crippen LogP) is 0.0430. The van der Waals surface area contributed by atoms with Crippen molar-refractivity contribution in [3.05, 3.63) is 0 Å². The molecule has 0 aromatic carbocycles. The zero-order chi connectivity index (χ0) is 8.20. The Balaban J connectivity index is 3.30. The number of halogens is 1. The van der Waals surface area contributed by atoms with E-state index in [0.29, 0.717) is 0 Å². The first-order chi connectivity index (χ1) is 4.42. The molecular weight excluding hydrogens is 182 g/mol. The Labute approximate surface area is 62.8 Å². The Morgan fingerprint density at radius 3 is 2.40 bits per heavy atom. The average molecular weight is 191 g/mol. The summed E-state index contributed by atoms with van der Waals surface area (Å²) in [4.78, 5) is 16.2. The molecule has 0 saturated heterocycles. The lowest BCUT2D eigenvalue weighted by Crippen LogP contribution is -2.01. The van der Waals surface area contributed by atoms with Crippen LogP contribution in [0.4, 0.5) is 0 Å². The van der Waals surface area contributed by atoms with E-state index in [1.54, 1.807) is 0 Å². The molecule has 0 aromatic rings. The zero-order valence-corrected chi connectivity index (χ0v) is 6.63. The number of aliphatic hydroxyl groups is 1. The number of phosphoric acid groups is 1. The minimum atomic E-state index is -4.39. The van der Waals surface area contributed by atoms with E-state index in [2.05, 4.69) is 4.52 Å². The second-order valence-corrected chi connectivity index (χ2v) is 3.29. The molecule has 0 bridgehead atoms. The summed E-state index contributed by atoms with van der Waals surface area (Å²) in [5.74, 6) is 0. The molecule has 10 heavy (non-hydrogen) atoms. The van der Waals surface area contributed by atoms with Crippen molar-refractivity contribution >= 4 is 19.4 Å². The summed E-state index contributed by atoms with van der Waals surface area (Å²) >= 11 is 5.03. The van der Waals surface area contributed by atoms with Crippen LogP contribution in [0.3, 0.4) is 0 Å². The lowest BCUT2D eigenvalue weighted by Gasteiger charge is -2.04. The molecule has 3 N–H and O–H groups in total. The molecule has 5 nitrogen and oxygen atoms in total. The first-order valence-electron chi connectivity index (χ1n) is 2.44. The summed E-state index contributed by atoms with van der Waals surface area (Å²) in [6.45, 7) is -0.255. The molecule has 0 saturated carbocycles. The Bertz CT molecular complexity index is 131. The van der Waals surface area contributed by atoms with E-state index < -0.39 is 13.4 Å². The SMILES string of the molecule is O=P(O)(O)OCCC(O)Cl. The third-order valence-corrected chi connectivity index (χ3v) is 1.35. The van der Waals surface area contributed by atoms with Gasteiger partial charge >= 0.3 is 7.82 Å². The van der Waals surface area contributed by atoms with Crippen LogP contribution in [0.5, 0.6) is 0 Å². The maximum absolute atomic E-state index is 9.96. The van der Waals surface area contributed by atoms with Gasteiger partial charge in [0.1, 0.15) is 5.56 Å². The van der Waals surface area contributed by atoms with Crippen molar-refractivity contribution in [3.8, 4) is 0 Å². The molecule has 1 unspecified atom stereocenters. The lowest BCUT2D eigenvalue weighted by molar-refractivity contribution is 0.163. The van der Waals surface area contributed by atoms with Crippen LogP contribution in [0.2, 0.25) is 0 Å². The fourth-order valence-electron chi connectivity index (χ4n) is 0.269. The highest BCUT2D eigenvalue weighted by Crippen LogP contribution is 2.35. The van der Waals surface area contributed by atoms with Crippen LogP contribution in [0.25, 0.3) is 0 Å². The van der Waals surface area contributed by atoms with Crippen molar-refractivity contribution in [2.24, 2.45) is 0 Å². The Morgan fingerprint density at radius 1 is 1.60 bits per heavy atom. The molecule has 0 aliphatic carbocycles. The van der Waals surface area contributed by atoms with E-state index >= 15 is 0 Å². The molecular formula is C3H8ClO5P. The summed E-state index contributed by atoms with van der Waals surface area (Å²) in [6.07, 6.45) is -0.00728. The van der Waals surface area contributed by atoms with Gasteiger partial charge in [0.2, 0.25) is 0 Å². The van der Waals surface area contributed by atoms with Gasteiger partial charge in [0, 0.05) is 6.42 Å². The fraction of sp³-hybridized carbons (Fsp3) is 1.00. The van der Waals surface area contributed by atoms with E-state index in [-0.39, 0.29) is 13.0 Å². The van der Waals surface area contributed by atoms with Gasteiger partial charge in [0.25, 0.3) is 0 Å². The summed E-state index contributed by atoms with van der Waals surface area (Å²) in [5.41, 5.74) is -1.12. The largest absolute Gasteiger partial charge is 0.469 e. The van der Waals surface area contributed by atoms with Crippen LogP contribution in [0.15, 0.2) is 0 Å². The Hall–Kier alpha value is 0.360. The molecule has 0 radical (unpaired) electrons. The molecule has 62 valence electrons. The van der Waals surface area contributed by atoms with Crippen LogP contribution < -0.4 is 0 Å². The maximum atomic E-state index is 9.96. The first-order valence-corrected chi connectivity index (χ1v) is 4.41. The van der Waals surface area contributed by atoms with Crippen molar-refractivity contribution in [3.63, 3.8) is 0 Å². The topological polar surface area (TPSA) is 87.0 Å². The van der Waals surface area contributed by atoms with Gasteiger partial charge in [-0.2, -0.15) is 0 Å². The van der Waals surface area contributed by atoms with E-state index in [0.717, 1.165) is 0 Å². The summed E-state index contributed by atoms with van der Waals surface area (Å²) < 4.78 is 13.9. The minimum absolute atomic E-state index is 0.00728. The van der Waals surface area contributed by atoms with Gasteiger partial charge < -0.3 is 14.9 Å². The molecule has 1 atom stereocenters. The molecule has 0 aromatic heterocycles. The normalized spacial score (nSPS) is 15.2. The first kappa shape index (κ1) is 10.4. The molecule has 0 spiro atoms. The van der Waals surface area contributed by atoms with Gasteiger partial charge in [-0.05, 0) is 0 Å². The zero-order valence-electron chi connectivity index (χ0n) is 4.97. The van der Waals surface area contributed by atoms with Crippen molar-refractivity contribution in [1.29, 1.82) is 0 Å². The Kier molecular flexibility index (Phi) is 4.44. The van der Waals surface area contributed by atoms with Crippen molar-refractivity contribution in [1.82, 2.24) is 0 Å². The van der Waals surface area contributed by atoms with E-state index in [4.69, 9.17) is 26.5 Å². The number of hydrogen-bond acceptors (Lipinski definition) is 3. The quantitative estimate of drug-likeness (QED) is 0.431. The average Bonchev–Trinajstić information content (AvgIpc) is 1.59. The van der Waals surface area contributed by atoms with Crippen LogP contribution >= 0.6 is 19.4 Å².